The summed E-state index contributed by atoms with van der Waals surface area (Å²) in [6.07, 6.45) is 5.56. The summed E-state index contributed by atoms with van der Waals surface area (Å²) in [7, 11) is 1.58. The van der Waals surface area contributed by atoms with E-state index >= 15 is 0 Å². The fourth-order valence-corrected chi connectivity index (χ4v) is 2.91. The Morgan fingerprint density at radius 1 is 1.33 bits per heavy atom. The molecule has 0 aliphatic heterocycles. The molecular weight excluding hydrogens is 310 g/mol. The number of amides is 1. The molecule has 1 aromatic rings. The van der Waals surface area contributed by atoms with Crippen LogP contribution in [0.3, 0.4) is 0 Å². The van der Waals surface area contributed by atoms with E-state index in [1.54, 1.807) is 7.05 Å². The number of aromatic nitrogens is 1. The number of H-pyrrole nitrogens is 1. The first kappa shape index (κ1) is 17.7. The summed E-state index contributed by atoms with van der Waals surface area (Å²) in [6.45, 7) is 0.954. The maximum atomic E-state index is 12.3. The molecule has 128 valence electrons. The van der Waals surface area contributed by atoms with Gasteiger partial charge in [0.15, 0.2) is 12.4 Å². The molecule has 7 nitrogen and oxygen atoms in total. The van der Waals surface area contributed by atoms with E-state index < -0.39 is 24.0 Å². The predicted octanol–water partition coefficient (Wildman–Crippen LogP) is 2.06. The fraction of sp³-hybridized carbons (Fsp3) is 0.529. The smallest absolute Gasteiger partial charge is 0.355 e. The molecule has 1 aromatic heterocycles. The second-order valence-electron chi connectivity index (χ2n) is 6.09. The first-order chi connectivity index (χ1) is 11.4. The Morgan fingerprint density at radius 2 is 2.00 bits per heavy atom. The van der Waals surface area contributed by atoms with Crippen molar-refractivity contribution in [2.24, 2.45) is 0 Å². The lowest BCUT2D eigenvalue weighted by Gasteiger charge is -2.38. The first-order valence-corrected chi connectivity index (χ1v) is 7.94. The Kier molecular flexibility index (Phi) is 5.39. The molecule has 0 unspecified atom stereocenters. The highest BCUT2D eigenvalue weighted by molar-refractivity contribution is 5.97. The van der Waals surface area contributed by atoms with Gasteiger partial charge in [-0.05, 0) is 25.8 Å². The molecule has 0 aromatic carbocycles. The molecule has 1 heterocycles. The number of rotatable bonds is 5. The maximum absolute atomic E-state index is 12.3. The molecule has 1 saturated carbocycles. The molecule has 7 heteroatoms. The zero-order valence-electron chi connectivity index (χ0n) is 13.9. The van der Waals surface area contributed by atoms with Gasteiger partial charge in [-0.1, -0.05) is 19.3 Å². The van der Waals surface area contributed by atoms with E-state index in [1.165, 1.54) is 24.1 Å². The highest BCUT2D eigenvalue weighted by Crippen LogP contribution is 2.32. The Morgan fingerprint density at radius 3 is 2.54 bits per heavy atom. The van der Waals surface area contributed by atoms with Gasteiger partial charge in [0, 0.05) is 18.8 Å². The fourth-order valence-electron chi connectivity index (χ4n) is 2.91. The SMILES string of the molecule is CC(=O)c1c[nH]c(C(=O)OCC(=O)N(C)C2(C#N)CCCCC2)c1. The maximum Gasteiger partial charge on any atom is 0.355 e. The van der Waals surface area contributed by atoms with Crippen LogP contribution in [-0.4, -0.2) is 46.7 Å². The highest BCUT2D eigenvalue weighted by Gasteiger charge is 2.39. The van der Waals surface area contributed by atoms with E-state index in [0.29, 0.717) is 18.4 Å². The molecule has 1 aliphatic carbocycles. The van der Waals surface area contributed by atoms with Gasteiger partial charge >= 0.3 is 5.97 Å². The number of aromatic amines is 1. The van der Waals surface area contributed by atoms with Gasteiger partial charge in [0.2, 0.25) is 0 Å². The van der Waals surface area contributed by atoms with Gasteiger partial charge in [-0.2, -0.15) is 5.26 Å². The van der Waals surface area contributed by atoms with Crippen molar-refractivity contribution < 1.29 is 19.1 Å². The number of esters is 1. The Hall–Kier alpha value is -2.62. The molecule has 1 amide bonds. The summed E-state index contributed by atoms with van der Waals surface area (Å²) in [4.78, 5) is 39.5. The minimum Gasteiger partial charge on any atom is -0.451 e. The zero-order chi connectivity index (χ0) is 17.7. The van der Waals surface area contributed by atoms with Crippen LogP contribution in [0.25, 0.3) is 0 Å². The Balaban J connectivity index is 1.95. The number of nitriles is 1. The lowest BCUT2D eigenvalue weighted by molar-refractivity contribution is -0.138. The van der Waals surface area contributed by atoms with Crippen LogP contribution in [0.1, 0.15) is 59.9 Å². The van der Waals surface area contributed by atoms with E-state index in [-0.39, 0.29) is 11.5 Å². The van der Waals surface area contributed by atoms with Crippen LogP contribution in [0.5, 0.6) is 0 Å². The van der Waals surface area contributed by atoms with Gasteiger partial charge in [0.25, 0.3) is 5.91 Å². The quantitative estimate of drug-likeness (QED) is 0.657. The zero-order valence-corrected chi connectivity index (χ0v) is 13.9. The largest absolute Gasteiger partial charge is 0.451 e. The van der Waals surface area contributed by atoms with Crippen LogP contribution in [0.15, 0.2) is 12.3 Å². The van der Waals surface area contributed by atoms with Crippen LogP contribution in [0, 0.1) is 11.3 Å². The molecule has 1 aliphatic rings. The van der Waals surface area contributed by atoms with Crippen molar-refractivity contribution in [3.8, 4) is 6.07 Å². The van der Waals surface area contributed by atoms with Crippen molar-refractivity contribution in [1.29, 1.82) is 5.26 Å². The second kappa shape index (κ2) is 7.30. The van der Waals surface area contributed by atoms with E-state index in [0.717, 1.165) is 19.3 Å². The van der Waals surface area contributed by atoms with E-state index in [4.69, 9.17) is 4.74 Å². The number of carbonyl (C=O) groups is 3. The molecule has 0 radical (unpaired) electrons. The molecule has 2 rings (SSSR count). The van der Waals surface area contributed by atoms with Crippen molar-refractivity contribution >= 4 is 17.7 Å². The molecule has 0 bridgehead atoms. The van der Waals surface area contributed by atoms with E-state index in [1.807, 2.05) is 0 Å². The first-order valence-electron chi connectivity index (χ1n) is 7.94. The molecule has 0 saturated heterocycles. The molecule has 24 heavy (non-hydrogen) atoms. The van der Waals surface area contributed by atoms with Gasteiger partial charge in [-0.3, -0.25) is 9.59 Å². The minimum absolute atomic E-state index is 0.114. The predicted molar refractivity (Wildman–Crippen MR) is 85.3 cm³/mol. The summed E-state index contributed by atoms with van der Waals surface area (Å²) in [5.41, 5.74) is -0.324. The van der Waals surface area contributed by atoms with Crippen LogP contribution < -0.4 is 0 Å². The third kappa shape index (κ3) is 3.65. The van der Waals surface area contributed by atoms with Gasteiger partial charge < -0.3 is 14.6 Å². The average molecular weight is 331 g/mol. The number of nitrogens with one attached hydrogen (secondary N) is 1. The molecule has 1 fully saturated rings. The van der Waals surface area contributed by atoms with E-state index in [9.17, 15) is 19.6 Å². The van der Waals surface area contributed by atoms with Crippen LogP contribution in [-0.2, 0) is 9.53 Å². The summed E-state index contributed by atoms with van der Waals surface area (Å²) in [5.74, 6) is -1.29. The summed E-state index contributed by atoms with van der Waals surface area (Å²) in [5, 5.41) is 9.48. The van der Waals surface area contributed by atoms with Gasteiger partial charge in [0.05, 0.1) is 6.07 Å². The number of nitrogens with zero attached hydrogens (tertiary/aromatic N) is 2. The molecule has 1 N–H and O–H groups in total. The third-order valence-electron chi connectivity index (χ3n) is 4.54. The van der Waals surface area contributed by atoms with Crippen molar-refractivity contribution in [3.05, 3.63) is 23.5 Å². The number of ketones is 1. The molecule has 0 atom stereocenters. The normalized spacial score (nSPS) is 16.0. The van der Waals surface area contributed by atoms with E-state index in [2.05, 4.69) is 11.1 Å². The van der Waals surface area contributed by atoms with Crippen molar-refractivity contribution in [3.63, 3.8) is 0 Å². The molecular formula is C17H21N3O4. The van der Waals surface area contributed by atoms with Crippen molar-refractivity contribution in [1.82, 2.24) is 9.88 Å². The second-order valence-corrected chi connectivity index (χ2v) is 6.09. The number of hydrogen-bond acceptors (Lipinski definition) is 5. The summed E-state index contributed by atoms with van der Waals surface area (Å²) < 4.78 is 5.00. The Labute approximate surface area is 140 Å². The number of carbonyl (C=O) groups excluding carboxylic acids is 3. The van der Waals surface area contributed by atoms with Gasteiger partial charge in [0.1, 0.15) is 11.2 Å². The average Bonchev–Trinajstić information content (AvgIpc) is 3.09. The standard InChI is InChI=1S/C17H21N3O4/c1-12(21)13-8-14(19-9-13)16(23)24-10-15(22)20(2)17(11-18)6-4-3-5-7-17/h8-9,19H,3-7,10H2,1-2H3. The lowest BCUT2D eigenvalue weighted by Crippen LogP contribution is -2.51. The lowest BCUT2D eigenvalue weighted by atomic mass is 9.81. The highest BCUT2D eigenvalue weighted by atomic mass is 16.5. The number of hydrogen-bond donors (Lipinski definition) is 1. The number of Topliss-reactive ketones (excluding diaryl/α,β-unsaturated/α-hetero) is 1. The topological polar surface area (TPSA) is 103 Å². The van der Waals surface area contributed by atoms with Crippen LogP contribution >= 0.6 is 0 Å². The van der Waals surface area contributed by atoms with Gasteiger partial charge in [-0.25, -0.2) is 4.79 Å². The Bertz CT molecular complexity index is 680. The number of ether oxygens (including phenoxy) is 1. The third-order valence-corrected chi connectivity index (χ3v) is 4.54. The van der Waals surface area contributed by atoms with Crippen molar-refractivity contribution in [2.45, 2.75) is 44.6 Å². The summed E-state index contributed by atoms with van der Waals surface area (Å²) >= 11 is 0. The van der Waals surface area contributed by atoms with Crippen LogP contribution in [0.4, 0.5) is 0 Å². The monoisotopic (exact) mass is 331 g/mol. The number of likely N-dealkylation sites (N-methyl/N-ethyl adjacent to an activating group) is 1. The molecule has 0 spiro atoms. The van der Waals surface area contributed by atoms with Crippen molar-refractivity contribution in [2.75, 3.05) is 13.7 Å². The van der Waals surface area contributed by atoms with Crippen LogP contribution in [0.2, 0.25) is 0 Å². The minimum atomic E-state index is -0.810. The summed E-state index contributed by atoms with van der Waals surface area (Å²) in [6, 6.07) is 3.64. The van der Waals surface area contributed by atoms with Gasteiger partial charge in [-0.15, -0.1) is 0 Å².